The summed E-state index contributed by atoms with van der Waals surface area (Å²) >= 11 is 1.56. The Kier molecular flexibility index (Phi) is 2.37. The Morgan fingerprint density at radius 2 is 1.81 bits per heavy atom. The van der Waals surface area contributed by atoms with Gasteiger partial charge in [-0.05, 0) is 35.8 Å². The van der Waals surface area contributed by atoms with E-state index in [-0.39, 0.29) is 5.78 Å². The summed E-state index contributed by atoms with van der Waals surface area (Å²) in [7, 11) is 0. The number of carbonyl (C=O) groups is 1. The molecular formula is C14H12OS. The highest BCUT2D eigenvalue weighted by Crippen LogP contribution is 2.39. The van der Waals surface area contributed by atoms with Crippen molar-refractivity contribution in [3.8, 4) is 0 Å². The van der Waals surface area contributed by atoms with Crippen LogP contribution in [0.4, 0.5) is 0 Å². The van der Waals surface area contributed by atoms with Gasteiger partial charge in [0.1, 0.15) is 0 Å². The van der Waals surface area contributed by atoms with E-state index >= 15 is 0 Å². The van der Waals surface area contributed by atoms with Crippen LogP contribution >= 0.6 is 11.3 Å². The molecule has 2 aromatic rings. The topological polar surface area (TPSA) is 17.1 Å². The Morgan fingerprint density at radius 3 is 2.38 bits per heavy atom. The molecule has 0 atom stereocenters. The van der Waals surface area contributed by atoms with Gasteiger partial charge in [-0.2, -0.15) is 11.3 Å². The van der Waals surface area contributed by atoms with Crippen molar-refractivity contribution in [1.82, 2.24) is 0 Å². The third kappa shape index (κ3) is 1.81. The molecule has 16 heavy (non-hydrogen) atoms. The molecule has 0 aliphatic heterocycles. The lowest BCUT2D eigenvalue weighted by molar-refractivity contribution is 0.103. The molecule has 2 heteroatoms. The minimum atomic E-state index is 0.128. The van der Waals surface area contributed by atoms with Crippen molar-refractivity contribution < 1.29 is 4.79 Å². The van der Waals surface area contributed by atoms with Crippen molar-refractivity contribution in [3.05, 3.63) is 57.8 Å². The molecule has 1 aliphatic rings. The molecule has 1 saturated carbocycles. The number of rotatable bonds is 3. The highest BCUT2D eigenvalue weighted by atomic mass is 32.1. The number of hydrogen-bond acceptors (Lipinski definition) is 2. The lowest BCUT2D eigenvalue weighted by atomic mass is 10.0. The van der Waals surface area contributed by atoms with Gasteiger partial charge in [-0.3, -0.25) is 4.79 Å². The van der Waals surface area contributed by atoms with E-state index in [1.807, 2.05) is 29.0 Å². The first-order valence-corrected chi connectivity index (χ1v) is 6.46. The molecular weight excluding hydrogens is 216 g/mol. The van der Waals surface area contributed by atoms with Crippen LogP contribution in [0, 0.1) is 0 Å². The lowest BCUT2D eigenvalue weighted by Crippen LogP contribution is -1.99. The summed E-state index contributed by atoms with van der Waals surface area (Å²) in [5.41, 5.74) is 2.97. The fraction of sp³-hybridized carbons (Fsp3) is 0.214. The van der Waals surface area contributed by atoms with E-state index in [1.54, 1.807) is 11.3 Å². The van der Waals surface area contributed by atoms with E-state index in [1.165, 1.54) is 18.4 Å². The fourth-order valence-electron chi connectivity index (χ4n) is 1.88. The van der Waals surface area contributed by atoms with Crippen LogP contribution in [0.15, 0.2) is 41.1 Å². The molecule has 0 spiro atoms. The molecule has 1 aliphatic carbocycles. The van der Waals surface area contributed by atoms with E-state index in [0.29, 0.717) is 0 Å². The quantitative estimate of drug-likeness (QED) is 0.729. The van der Waals surface area contributed by atoms with Gasteiger partial charge in [-0.15, -0.1) is 0 Å². The molecule has 0 unspecified atom stereocenters. The third-order valence-corrected chi connectivity index (χ3v) is 3.69. The van der Waals surface area contributed by atoms with Gasteiger partial charge in [0.05, 0.1) is 0 Å². The fourth-order valence-corrected chi connectivity index (χ4v) is 2.52. The maximum absolute atomic E-state index is 12.0. The van der Waals surface area contributed by atoms with Crippen molar-refractivity contribution in [3.63, 3.8) is 0 Å². The maximum Gasteiger partial charge on any atom is 0.193 e. The first-order chi connectivity index (χ1) is 7.84. The van der Waals surface area contributed by atoms with Crippen molar-refractivity contribution in [2.45, 2.75) is 18.8 Å². The van der Waals surface area contributed by atoms with Crippen LogP contribution in [-0.2, 0) is 0 Å². The van der Waals surface area contributed by atoms with Crippen LogP contribution in [-0.4, -0.2) is 5.78 Å². The van der Waals surface area contributed by atoms with Gasteiger partial charge in [-0.25, -0.2) is 0 Å². The number of benzene rings is 1. The van der Waals surface area contributed by atoms with Crippen molar-refractivity contribution in [2.75, 3.05) is 0 Å². The van der Waals surface area contributed by atoms with Crippen molar-refractivity contribution in [2.24, 2.45) is 0 Å². The zero-order chi connectivity index (χ0) is 11.0. The molecule has 0 saturated heterocycles. The average Bonchev–Trinajstić information content (AvgIpc) is 3.04. The Morgan fingerprint density at radius 1 is 1.06 bits per heavy atom. The minimum Gasteiger partial charge on any atom is -0.289 e. The monoisotopic (exact) mass is 228 g/mol. The number of thiophene rings is 1. The summed E-state index contributed by atoms with van der Waals surface area (Å²) < 4.78 is 0. The summed E-state index contributed by atoms with van der Waals surface area (Å²) in [6.07, 6.45) is 2.61. The van der Waals surface area contributed by atoms with Crippen LogP contribution in [0.2, 0.25) is 0 Å². The molecule has 1 heterocycles. The van der Waals surface area contributed by atoms with Crippen LogP contribution in [0.1, 0.15) is 40.2 Å². The first kappa shape index (κ1) is 9.79. The second kappa shape index (κ2) is 3.87. The van der Waals surface area contributed by atoms with Gasteiger partial charge in [0.15, 0.2) is 5.78 Å². The summed E-state index contributed by atoms with van der Waals surface area (Å²) in [5, 5.41) is 3.84. The number of hydrogen-bond donors (Lipinski definition) is 0. The van der Waals surface area contributed by atoms with E-state index in [2.05, 4.69) is 12.1 Å². The second-order valence-corrected chi connectivity index (χ2v) is 5.02. The SMILES string of the molecule is O=C(c1ccc(C2CC2)cc1)c1ccsc1. The lowest BCUT2D eigenvalue weighted by Gasteiger charge is -2.01. The molecule has 1 aromatic carbocycles. The zero-order valence-electron chi connectivity index (χ0n) is 8.85. The molecule has 0 radical (unpaired) electrons. The van der Waals surface area contributed by atoms with Crippen LogP contribution in [0.3, 0.4) is 0 Å². The Labute approximate surface area is 98.7 Å². The minimum absolute atomic E-state index is 0.128. The smallest absolute Gasteiger partial charge is 0.193 e. The first-order valence-electron chi connectivity index (χ1n) is 5.51. The third-order valence-electron chi connectivity index (χ3n) is 3.00. The Hall–Kier alpha value is -1.41. The predicted octanol–water partition coefficient (Wildman–Crippen LogP) is 3.86. The van der Waals surface area contributed by atoms with E-state index < -0.39 is 0 Å². The van der Waals surface area contributed by atoms with Crippen LogP contribution < -0.4 is 0 Å². The van der Waals surface area contributed by atoms with E-state index in [9.17, 15) is 4.79 Å². The molecule has 80 valence electrons. The molecule has 0 amide bonds. The average molecular weight is 228 g/mol. The highest BCUT2D eigenvalue weighted by Gasteiger charge is 2.23. The van der Waals surface area contributed by atoms with Gasteiger partial charge in [-0.1, -0.05) is 24.3 Å². The van der Waals surface area contributed by atoms with E-state index in [0.717, 1.165) is 17.0 Å². The molecule has 0 bridgehead atoms. The van der Waals surface area contributed by atoms with Gasteiger partial charge < -0.3 is 0 Å². The molecule has 1 fully saturated rings. The number of ketones is 1. The van der Waals surface area contributed by atoms with Gasteiger partial charge in [0, 0.05) is 16.5 Å². The molecule has 1 aromatic heterocycles. The molecule has 0 N–H and O–H groups in total. The van der Waals surface area contributed by atoms with Crippen molar-refractivity contribution in [1.29, 1.82) is 0 Å². The van der Waals surface area contributed by atoms with Gasteiger partial charge >= 0.3 is 0 Å². The van der Waals surface area contributed by atoms with Crippen molar-refractivity contribution >= 4 is 17.1 Å². The Bertz CT molecular complexity index is 492. The molecule has 1 nitrogen and oxygen atoms in total. The van der Waals surface area contributed by atoms with Gasteiger partial charge in [0.25, 0.3) is 0 Å². The molecule has 3 rings (SSSR count). The summed E-state index contributed by atoms with van der Waals surface area (Å²) in [6, 6.07) is 9.97. The zero-order valence-corrected chi connectivity index (χ0v) is 9.67. The summed E-state index contributed by atoms with van der Waals surface area (Å²) in [6.45, 7) is 0. The van der Waals surface area contributed by atoms with Crippen LogP contribution in [0.25, 0.3) is 0 Å². The highest BCUT2D eigenvalue weighted by molar-refractivity contribution is 7.08. The summed E-state index contributed by atoms with van der Waals surface area (Å²) in [5.74, 6) is 0.883. The summed E-state index contributed by atoms with van der Waals surface area (Å²) in [4.78, 5) is 12.0. The largest absolute Gasteiger partial charge is 0.289 e. The van der Waals surface area contributed by atoms with Gasteiger partial charge in [0.2, 0.25) is 0 Å². The predicted molar refractivity (Wildman–Crippen MR) is 66.2 cm³/mol. The standard InChI is InChI=1S/C14H12OS/c15-14(13-7-8-16-9-13)12-5-3-11(4-6-12)10-1-2-10/h3-10H,1-2H2. The normalized spacial score (nSPS) is 15.0. The Balaban J connectivity index is 1.86. The number of carbonyl (C=O) groups excluding carboxylic acids is 1. The van der Waals surface area contributed by atoms with Crippen LogP contribution in [0.5, 0.6) is 0 Å². The van der Waals surface area contributed by atoms with E-state index in [4.69, 9.17) is 0 Å². The second-order valence-electron chi connectivity index (χ2n) is 4.24. The maximum atomic E-state index is 12.0.